The quantitative estimate of drug-likeness (QED) is 0.848. The summed E-state index contributed by atoms with van der Waals surface area (Å²) in [6, 6.07) is 6.73. The van der Waals surface area contributed by atoms with Gasteiger partial charge in [0.2, 0.25) is 0 Å². The van der Waals surface area contributed by atoms with Gasteiger partial charge in [-0.15, -0.1) is 11.3 Å². The van der Waals surface area contributed by atoms with Crippen LogP contribution >= 0.6 is 11.3 Å². The molecule has 92 valence electrons. The van der Waals surface area contributed by atoms with Crippen LogP contribution in [0.3, 0.4) is 0 Å². The van der Waals surface area contributed by atoms with Crippen LogP contribution in [0.25, 0.3) is 10.1 Å². The van der Waals surface area contributed by atoms with Gasteiger partial charge in [0.25, 0.3) is 0 Å². The Hall–Kier alpha value is -0.930. The Labute approximate surface area is 105 Å². The molecule has 0 aliphatic carbocycles. The van der Waals surface area contributed by atoms with Crippen molar-refractivity contribution in [2.45, 2.75) is 32.8 Å². The van der Waals surface area contributed by atoms with Crippen molar-refractivity contribution in [1.29, 1.82) is 0 Å². The molecule has 0 fully saturated rings. The predicted molar refractivity (Wildman–Crippen MR) is 70.8 cm³/mol. The standard InChI is InChI=1S/C14H17FOS/c1-3-9(4-2)14(16)13-7-10-5-6-11(15)8-12(10)17-13/h5-9,14,16H,3-4H2,1-2H3. The molecule has 0 saturated heterocycles. The number of fused-ring (bicyclic) bond motifs is 1. The molecule has 0 aliphatic rings. The van der Waals surface area contributed by atoms with E-state index >= 15 is 0 Å². The van der Waals surface area contributed by atoms with Gasteiger partial charge in [0.05, 0.1) is 6.10 Å². The first kappa shape index (κ1) is 12.5. The van der Waals surface area contributed by atoms with Crippen LogP contribution in [0.15, 0.2) is 24.3 Å². The molecule has 2 rings (SSSR count). The van der Waals surface area contributed by atoms with E-state index in [0.717, 1.165) is 27.8 Å². The fraction of sp³-hybridized carbons (Fsp3) is 0.429. The van der Waals surface area contributed by atoms with Gasteiger partial charge in [-0.2, -0.15) is 0 Å². The van der Waals surface area contributed by atoms with Crippen LogP contribution in [0.1, 0.15) is 37.7 Å². The molecular weight excluding hydrogens is 235 g/mol. The minimum Gasteiger partial charge on any atom is -0.387 e. The monoisotopic (exact) mass is 252 g/mol. The number of aliphatic hydroxyl groups is 1. The Morgan fingerprint density at radius 2 is 1.94 bits per heavy atom. The highest BCUT2D eigenvalue weighted by Crippen LogP contribution is 2.35. The number of aliphatic hydroxyl groups excluding tert-OH is 1. The van der Waals surface area contributed by atoms with Gasteiger partial charge < -0.3 is 5.11 Å². The lowest BCUT2D eigenvalue weighted by molar-refractivity contribution is 0.107. The normalized spacial score (nSPS) is 13.5. The molecule has 0 aliphatic heterocycles. The molecule has 17 heavy (non-hydrogen) atoms. The van der Waals surface area contributed by atoms with E-state index < -0.39 is 6.10 Å². The van der Waals surface area contributed by atoms with E-state index in [1.54, 1.807) is 6.07 Å². The number of rotatable bonds is 4. The lowest BCUT2D eigenvalue weighted by Crippen LogP contribution is -2.09. The van der Waals surface area contributed by atoms with Crippen LogP contribution in [-0.2, 0) is 0 Å². The molecule has 0 radical (unpaired) electrons. The third kappa shape index (κ3) is 2.50. The molecule has 1 heterocycles. The van der Waals surface area contributed by atoms with Crippen molar-refractivity contribution in [1.82, 2.24) is 0 Å². The molecule has 2 aromatic rings. The summed E-state index contributed by atoms with van der Waals surface area (Å²) in [7, 11) is 0. The molecule has 0 amide bonds. The largest absolute Gasteiger partial charge is 0.387 e. The first-order valence-corrected chi connectivity index (χ1v) is 6.84. The zero-order valence-corrected chi connectivity index (χ0v) is 10.9. The van der Waals surface area contributed by atoms with Crippen LogP contribution in [0.2, 0.25) is 0 Å². The Kier molecular flexibility index (Phi) is 3.79. The van der Waals surface area contributed by atoms with Crippen molar-refractivity contribution in [3.63, 3.8) is 0 Å². The lowest BCUT2D eigenvalue weighted by Gasteiger charge is -2.18. The maximum atomic E-state index is 13.1. The topological polar surface area (TPSA) is 20.2 Å². The molecule has 0 spiro atoms. The van der Waals surface area contributed by atoms with Gasteiger partial charge in [-0.1, -0.05) is 32.8 Å². The number of halogens is 1. The summed E-state index contributed by atoms with van der Waals surface area (Å²) in [6.07, 6.45) is 1.49. The zero-order valence-electron chi connectivity index (χ0n) is 10.1. The summed E-state index contributed by atoms with van der Waals surface area (Å²) in [5.41, 5.74) is 0. The van der Waals surface area contributed by atoms with Crippen molar-refractivity contribution in [3.05, 3.63) is 35.0 Å². The van der Waals surface area contributed by atoms with Crippen molar-refractivity contribution in [3.8, 4) is 0 Å². The highest BCUT2D eigenvalue weighted by atomic mass is 32.1. The van der Waals surface area contributed by atoms with Crippen molar-refractivity contribution >= 4 is 21.4 Å². The Bertz CT molecular complexity index is 502. The molecule has 0 saturated carbocycles. The van der Waals surface area contributed by atoms with E-state index in [1.807, 2.05) is 6.07 Å². The maximum Gasteiger partial charge on any atom is 0.124 e. The SMILES string of the molecule is CCC(CC)C(O)c1cc2ccc(F)cc2s1. The van der Waals surface area contributed by atoms with Crippen molar-refractivity contribution in [2.75, 3.05) is 0 Å². The van der Waals surface area contributed by atoms with Gasteiger partial charge in [-0.05, 0) is 29.5 Å². The summed E-state index contributed by atoms with van der Waals surface area (Å²) in [6.45, 7) is 4.18. The molecule has 1 aromatic carbocycles. The Balaban J connectivity index is 2.35. The van der Waals surface area contributed by atoms with E-state index in [1.165, 1.54) is 23.5 Å². The third-order valence-electron chi connectivity index (χ3n) is 3.29. The second kappa shape index (κ2) is 5.15. The Morgan fingerprint density at radius 1 is 1.24 bits per heavy atom. The summed E-state index contributed by atoms with van der Waals surface area (Å²) in [4.78, 5) is 0.944. The molecule has 1 unspecified atom stereocenters. The van der Waals surface area contributed by atoms with Gasteiger partial charge in [0.15, 0.2) is 0 Å². The van der Waals surface area contributed by atoms with Crippen LogP contribution in [0, 0.1) is 11.7 Å². The lowest BCUT2D eigenvalue weighted by atomic mass is 9.95. The number of benzene rings is 1. The average molecular weight is 252 g/mol. The number of hydrogen-bond acceptors (Lipinski definition) is 2. The van der Waals surface area contributed by atoms with Crippen molar-refractivity contribution < 1.29 is 9.50 Å². The minimum absolute atomic E-state index is 0.220. The summed E-state index contributed by atoms with van der Waals surface area (Å²) < 4.78 is 14.0. The fourth-order valence-corrected chi connectivity index (χ4v) is 3.31. The third-order valence-corrected chi connectivity index (χ3v) is 4.46. The molecule has 0 bridgehead atoms. The minimum atomic E-state index is -0.425. The second-order valence-corrected chi connectivity index (χ2v) is 5.47. The van der Waals surface area contributed by atoms with Gasteiger partial charge in [0, 0.05) is 9.58 Å². The van der Waals surface area contributed by atoms with Gasteiger partial charge in [-0.3, -0.25) is 0 Å². The molecule has 1 nitrogen and oxygen atoms in total. The summed E-state index contributed by atoms with van der Waals surface area (Å²) in [5, 5.41) is 11.3. The number of thiophene rings is 1. The second-order valence-electron chi connectivity index (χ2n) is 4.35. The highest BCUT2D eigenvalue weighted by molar-refractivity contribution is 7.19. The maximum absolute atomic E-state index is 13.1. The molecule has 3 heteroatoms. The zero-order chi connectivity index (χ0) is 12.4. The van der Waals surface area contributed by atoms with Crippen molar-refractivity contribution in [2.24, 2.45) is 5.92 Å². The van der Waals surface area contributed by atoms with E-state index in [4.69, 9.17) is 0 Å². The van der Waals surface area contributed by atoms with Crippen LogP contribution in [0.5, 0.6) is 0 Å². The van der Waals surface area contributed by atoms with Crippen LogP contribution < -0.4 is 0 Å². The van der Waals surface area contributed by atoms with E-state index in [2.05, 4.69) is 13.8 Å². The highest BCUT2D eigenvalue weighted by Gasteiger charge is 2.19. The average Bonchev–Trinajstić information content (AvgIpc) is 2.73. The summed E-state index contributed by atoms with van der Waals surface area (Å²) >= 11 is 1.49. The first-order chi connectivity index (χ1) is 8.15. The first-order valence-electron chi connectivity index (χ1n) is 6.02. The summed E-state index contributed by atoms with van der Waals surface area (Å²) in [5.74, 6) is 0.0656. The van der Waals surface area contributed by atoms with E-state index in [0.29, 0.717) is 0 Å². The fourth-order valence-electron chi connectivity index (χ4n) is 2.14. The van der Waals surface area contributed by atoms with E-state index in [-0.39, 0.29) is 11.7 Å². The number of hydrogen-bond donors (Lipinski definition) is 1. The molecular formula is C14H17FOS. The Morgan fingerprint density at radius 3 is 2.59 bits per heavy atom. The molecule has 1 N–H and O–H groups in total. The van der Waals surface area contributed by atoms with Gasteiger partial charge >= 0.3 is 0 Å². The smallest absolute Gasteiger partial charge is 0.124 e. The molecule has 1 aromatic heterocycles. The van der Waals surface area contributed by atoms with Gasteiger partial charge in [0.1, 0.15) is 5.82 Å². The van der Waals surface area contributed by atoms with Crippen LogP contribution in [0.4, 0.5) is 4.39 Å². The van der Waals surface area contributed by atoms with Gasteiger partial charge in [-0.25, -0.2) is 4.39 Å². The predicted octanol–water partition coefficient (Wildman–Crippen LogP) is 4.51. The van der Waals surface area contributed by atoms with E-state index in [9.17, 15) is 9.50 Å². The van der Waals surface area contributed by atoms with Crippen LogP contribution in [-0.4, -0.2) is 5.11 Å². The molecule has 1 atom stereocenters.